The van der Waals surface area contributed by atoms with E-state index in [1.807, 2.05) is 0 Å². The molecule has 8 heteroatoms. The molecule has 0 aliphatic heterocycles. The van der Waals surface area contributed by atoms with Crippen LogP contribution in [0.5, 0.6) is 0 Å². The van der Waals surface area contributed by atoms with Crippen LogP contribution in [0, 0.1) is 18.6 Å². The van der Waals surface area contributed by atoms with Crippen LogP contribution >= 0.6 is 0 Å². The van der Waals surface area contributed by atoms with Gasteiger partial charge in [-0.3, -0.25) is 4.79 Å². The molecule has 0 spiro atoms. The maximum Gasteiger partial charge on any atom is 0.258 e. The lowest BCUT2D eigenvalue weighted by Crippen LogP contribution is -2.22. The minimum absolute atomic E-state index is 0.00650. The second kappa shape index (κ2) is 6.66. The smallest absolute Gasteiger partial charge is 0.258 e. The minimum Gasteiger partial charge on any atom is -0.322 e. The number of amides is 1. The predicted octanol–water partition coefficient (Wildman–Crippen LogP) is 2.78. The first-order valence-corrected chi connectivity index (χ1v) is 8.36. The third kappa shape index (κ3) is 3.60. The van der Waals surface area contributed by atoms with Crippen LogP contribution < -0.4 is 5.32 Å². The molecule has 0 aliphatic rings. The summed E-state index contributed by atoms with van der Waals surface area (Å²) in [5.41, 5.74) is 0.492. The molecule has 0 aromatic heterocycles. The molecule has 24 heavy (non-hydrogen) atoms. The van der Waals surface area contributed by atoms with Crippen molar-refractivity contribution in [2.24, 2.45) is 0 Å². The van der Waals surface area contributed by atoms with Crippen LogP contribution in [-0.2, 0) is 10.0 Å². The number of hydrogen-bond acceptors (Lipinski definition) is 3. The van der Waals surface area contributed by atoms with Crippen molar-refractivity contribution in [3.05, 3.63) is 59.2 Å². The molecule has 5 nitrogen and oxygen atoms in total. The van der Waals surface area contributed by atoms with E-state index in [1.54, 1.807) is 6.92 Å². The number of nitrogens with one attached hydrogen (secondary N) is 1. The molecule has 2 aromatic rings. The van der Waals surface area contributed by atoms with Crippen LogP contribution in [0.4, 0.5) is 14.5 Å². The van der Waals surface area contributed by atoms with Crippen molar-refractivity contribution >= 4 is 21.6 Å². The Labute approximate surface area is 139 Å². The summed E-state index contributed by atoms with van der Waals surface area (Å²) in [6.45, 7) is 1.67. The Balaban J connectivity index is 2.37. The molecule has 0 radical (unpaired) electrons. The van der Waals surface area contributed by atoms with Gasteiger partial charge in [0.1, 0.15) is 11.6 Å². The fraction of sp³-hybridized carbons (Fsp3) is 0.188. The molecule has 0 saturated heterocycles. The van der Waals surface area contributed by atoms with Crippen molar-refractivity contribution < 1.29 is 22.0 Å². The van der Waals surface area contributed by atoms with Crippen LogP contribution in [0.2, 0.25) is 0 Å². The van der Waals surface area contributed by atoms with Crippen molar-refractivity contribution in [2.75, 3.05) is 19.4 Å². The molecule has 128 valence electrons. The molecule has 0 heterocycles. The first-order valence-electron chi connectivity index (χ1n) is 6.92. The molecule has 0 unspecified atom stereocenters. The van der Waals surface area contributed by atoms with Gasteiger partial charge in [0.25, 0.3) is 5.91 Å². The highest BCUT2D eigenvalue weighted by Gasteiger charge is 2.19. The zero-order valence-corrected chi connectivity index (χ0v) is 14.1. The van der Waals surface area contributed by atoms with Gasteiger partial charge in [-0.05, 0) is 36.8 Å². The maximum absolute atomic E-state index is 13.7. The summed E-state index contributed by atoms with van der Waals surface area (Å²) in [6.07, 6.45) is 0. The van der Waals surface area contributed by atoms with Crippen molar-refractivity contribution in [1.82, 2.24) is 4.31 Å². The highest BCUT2D eigenvalue weighted by molar-refractivity contribution is 7.89. The van der Waals surface area contributed by atoms with Crippen molar-refractivity contribution in [2.45, 2.75) is 11.8 Å². The van der Waals surface area contributed by atoms with E-state index in [0.29, 0.717) is 11.6 Å². The van der Waals surface area contributed by atoms with E-state index >= 15 is 0 Å². The summed E-state index contributed by atoms with van der Waals surface area (Å²) < 4.78 is 51.9. The molecule has 2 rings (SSSR count). The van der Waals surface area contributed by atoms with Gasteiger partial charge in [-0.15, -0.1) is 0 Å². The Morgan fingerprint density at radius 1 is 1.08 bits per heavy atom. The molecule has 0 fully saturated rings. The lowest BCUT2D eigenvalue weighted by molar-refractivity contribution is 0.102. The Kier molecular flexibility index (Phi) is 5.00. The maximum atomic E-state index is 13.7. The van der Waals surface area contributed by atoms with E-state index < -0.39 is 27.6 Å². The average Bonchev–Trinajstić information content (AvgIpc) is 2.48. The number of carbonyl (C=O) groups excluding carboxylic acids is 1. The fourth-order valence-corrected chi connectivity index (χ4v) is 2.90. The van der Waals surface area contributed by atoms with E-state index in [-0.39, 0.29) is 16.1 Å². The molecule has 0 atom stereocenters. The van der Waals surface area contributed by atoms with E-state index in [2.05, 4.69) is 5.32 Å². The van der Waals surface area contributed by atoms with Crippen molar-refractivity contribution in [1.29, 1.82) is 0 Å². The van der Waals surface area contributed by atoms with E-state index in [0.717, 1.165) is 16.4 Å². The lowest BCUT2D eigenvalue weighted by atomic mass is 10.1. The molecule has 2 aromatic carbocycles. The zero-order valence-electron chi connectivity index (χ0n) is 13.3. The molecule has 0 aliphatic carbocycles. The van der Waals surface area contributed by atoms with E-state index in [1.165, 1.54) is 32.3 Å². The summed E-state index contributed by atoms with van der Waals surface area (Å²) >= 11 is 0. The average molecular weight is 354 g/mol. The van der Waals surface area contributed by atoms with Gasteiger partial charge >= 0.3 is 0 Å². The quantitative estimate of drug-likeness (QED) is 0.918. The van der Waals surface area contributed by atoms with Gasteiger partial charge in [-0.1, -0.05) is 6.07 Å². The van der Waals surface area contributed by atoms with E-state index in [9.17, 15) is 22.0 Å². The second-order valence-corrected chi connectivity index (χ2v) is 7.49. The standard InChI is InChI=1S/C16H16F2N2O3S/c1-10-4-6-12(24(22,23)20(2)3)9-15(10)19-16(21)13-7-5-11(17)8-14(13)18/h4-9H,1-3H3,(H,19,21). The Morgan fingerprint density at radius 2 is 1.75 bits per heavy atom. The molecule has 1 amide bonds. The molecule has 0 saturated carbocycles. The van der Waals surface area contributed by atoms with Gasteiger partial charge in [0, 0.05) is 25.8 Å². The number of anilines is 1. The topological polar surface area (TPSA) is 66.5 Å². The first-order chi connectivity index (χ1) is 11.1. The third-order valence-corrected chi connectivity index (χ3v) is 5.22. The summed E-state index contributed by atoms with van der Waals surface area (Å²) in [7, 11) is -0.892. The molecule has 1 N–H and O–H groups in total. The summed E-state index contributed by atoms with van der Waals surface area (Å²) in [5.74, 6) is -2.59. The Hall–Kier alpha value is -2.32. The number of nitrogens with zero attached hydrogens (tertiary/aromatic N) is 1. The van der Waals surface area contributed by atoms with Gasteiger partial charge in [0.2, 0.25) is 10.0 Å². The highest BCUT2D eigenvalue weighted by atomic mass is 32.2. The normalized spacial score (nSPS) is 11.6. The van der Waals surface area contributed by atoms with Crippen LogP contribution in [0.1, 0.15) is 15.9 Å². The second-order valence-electron chi connectivity index (χ2n) is 5.34. The molecular formula is C16H16F2N2O3S. The lowest BCUT2D eigenvalue weighted by Gasteiger charge is -2.14. The van der Waals surface area contributed by atoms with Crippen molar-refractivity contribution in [3.63, 3.8) is 0 Å². The zero-order chi connectivity index (χ0) is 18.1. The number of hydrogen-bond donors (Lipinski definition) is 1. The molecule has 0 bridgehead atoms. The number of halogens is 2. The largest absolute Gasteiger partial charge is 0.322 e. The monoisotopic (exact) mass is 354 g/mol. The first kappa shape index (κ1) is 18.0. The Bertz CT molecular complexity index is 896. The number of rotatable bonds is 4. The number of aryl methyl sites for hydroxylation is 1. The van der Waals surface area contributed by atoms with Gasteiger partial charge in [0.05, 0.1) is 10.5 Å². The van der Waals surface area contributed by atoms with Crippen LogP contribution in [0.25, 0.3) is 0 Å². The fourth-order valence-electron chi connectivity index (χ4n) is 1.97. The van der Waals surface area contributed by atoms with Crippen LogP contribution in [0.15, 0.2) is 41.3 Å². The predicted molar refractivity (Wildman–Crippen MR) is 86.4 cm³/mol. The Morgan fingerprint density at radius 3 is 2.33 bits per heavy atom. The van der Waals surface area contributed by atoms with Gasteiger partial charge in [-0.25, -0.2) is 21.5 Å². The summed E-state index contributed by atoms with van der Waals surface area (Å²) in [5, 5.41) is 2.45. The molecular weight excluding hydrogens is 338 g/mol. The third-order valence-electron chi connectivity index (χ3n) is 3.41. The van der Waals surface area contributed by atoms with Crippen LogP contribution in [-0.4, -0.2) is 32.7 Å². The van der Waals surface area contributed by atoms with Crippen molar-refractivity contribution in [3.8, 4) is 0 Å². The highest BCUT2D eigenvalue weighted by Crippen LogP contribution is 2.23. The minimum atomic E-state index is -3.67. The number of sulfonamides is 1. The summed E-state index contributed by atoms with van der Waals surface area (Å²) in [4.78, 5) is 12.2. The number of benzene rings is 2. The van der Waals surface area contributed by atoms with Gasteiger partial charge in [0.15, 0.2) is 0 Å². The SMILES string of the molecule is Cc1ccc(S(=O)(=O)N(C)C)cc1NC(=O)c1ccc(F)cc1F. The summed E-state index contributed by atoms with van der Waals surface area (Å²) in [6, 6.07) is 6.85. The van der Waals surface area contributed by atoms with Gasteiger partial charge < -0.3 is 5.32 Å². The number of carbonyl (C=O) groups is 1. The van der Waals surface area contributed by atoms with E-state index in [4.69, 9.17) is 0 Å². The van der Waals surface area contributed by atoms with Crippen LogP contribution in [0.3, 0.4) is 0 Å². The van der Waals surface area contributed by atoms with Gasteiger partial charge in [-0.2, -0.15) is 0 Å².